The van der Waals surface area contributed by atoms with Crippen LogP contribution in [0.4, 0.5) is 0 Å². The summed E-state index contributed by atoms with van der Waals surface area (Å²) in [4.78, 5) is 21.1. The van der Waals surface area contributed by atoms with Gasteiger partial charge >= 0.3 is 11.9 Å². The number of aliphatic carboxylic acids is 2. The van der Waals surface area contributed by atoms with Crippen molar-refractivity contribution in [3.8, 4) is 5.75 Å². The third-order valence-corrected chi connectivity index (χ3v) is 1.98. The van der Waals surface area contributed by atoms with Gasteiger partial charge in [-0.05, 0) is 23.8 Å². The van der Waals surface area contributed by atoms with Crippen molar-refractivity contribution in [2.45, 2.75) is 0 Å². The first-order valence-corrected chi connectivity index (χ1v) is 4.96. The van der Waals surface area contributed by atoms with Crippen molar-refractivity contribution in [3.05, 3.63) is 35.6 Å². The van der Waals surface area contributed by atoms with Gasteiger partial charge in [0.2, 0.25) is 5.76 Å². The van der Waals surface area contributed by atoms with E-state index >= 15 is 0 Å². The van der Waals surface area contributed by atoms with E-state index in [1.54, 1.807) is 24.3 Å². The zero-order chi connectivity index (χ0) is 13.5. The van der Waals surface area contributed by atoms with E-state index < -0.39 is 24.3 Å². The van der Waals surface area contributed by atoms with Crippen LogP contribution in [-0.2, 0) is 14.3 Å². The number of hydrogen-bond acceptors (Lipinski definition) is 4. The van der Waals surface area contributed by atoms with Crippen molar-refractivity contribution in [2.75, 3.05) is 13.7 Å². The fourth-order valence-electron chi connectivity index (χ4n) is 1.16. The highest BCUT2D eigenvalue weighted by atomic mass is 16.5. The second-order valence-corrected chi connectivity index (χ2v) is 3.27. The minimum absolute atomic E-state index is 0.428. The van der Waals surface area contributed by atoms with Crippen LogP contribution in [0.1, 0.15) is 5.56 Å². The Balaban J connectivity index is 2.86. The maximum absolute atomic E-state index is 10.8. The molecule has 0 fully saturated rings. The van der Waals surface area contributed by atoms with Crippen LogP contribution in [0, 0.1) is 0 Å². The van der Waals surface area contributed by atoms with Gasteiger partial charge in [-0.25, -0.2) is 9.59 Å². The molecule has 6 heteroatoms. The lowest BCUT2D eigenvalue weighted by atomic mass is 10.2. The Labute approximate surface area is 103 Å². The fourth-order valence-corrected chi connectivity index (χ4v) is 1.16. The van der Waals surface area contributed by atoms with Crippen molar-refractivity contribution >= 4 is 18.0 Å². The van der Waals surface area contributed by atoms with E-state index in [0.29, 0.717) is 11.3 Å². The Hall–Kier alpha value is -2.50. The van der Waals surface area contributed by atoms with Gasteiger partial charge in [0.15, 0.2) is 6.61 Å². The molecule has 0 aromatic heterocycles. The summed E-state index contributed by atoms with van der Waals surface area (Å²) in [6.07, 6.45) is 1.24. The van der Waals surface area contributed by atoms with Gasteiger partial charge in [0.25, 0.3) is 0 Å². The Kier molecular flexibility index (Phi) is 4.74. The highest BCUT2D eigenvalue weighted by Gasteiger charge is 2.10. The molecule has 0 heterocycles. The topological polar surface area (TPSA) is 93.1 Å². The van der Waals surface area contributed by atoms with Crippen molar-refractivity contribution < 1.29 is 29.3 Å². The maximum Gasteiger partial charge on any atom is 0.371 e. The molecule has 1 rings (SSSR count). The molecule has 0 bridgehead atoms. The summed E-state index contributed by atoms with van der Waals surface area (Å²) < 4.78 is 9.61. The standard InChI is InChI=1S/C12H12O6/c1-17-9-4-2-8(3-5-9)6-10(12(15)16)18-7-11(13)14/h2-6H,7H2,1H3,(H,13,14)(H,15,16). The van der Waals surface area contributed by atoms with E-state index in [9.17, 15) is 9.59 Å². The molecule has 2 N–H and O–H groups in total. The first-order valence-electron chi connectivity index (χ1n) is 4.96. The average Bonchev–Trinajstić information content (AvgIpc) is 2.34. The lowest BCUT2D eigenvalue weighted by molar-refractivity contribution is -0.143. The molecule has 0 spiro atoms. The minimum atomic E-state index is -1.33. The SMILES string of the molecule is COc1ccc(C=C(OCC(=O)O)C(=O)O)cc1. The van der Waals surface area contributed by atoms with E-state index in [2.05, 4.69) is 4.74 Å². The predicted octanol–water partition coefficient (Wildman–Crippen LogP) is 1.22. The van der Waals surface area contributed by atoms with Crippen LogP contribution >= 0.6 is 0 Å². The molecular weight excluding hydrogens is 240 g/mol. The molecule has 0 saturated carbocycles. The second-order valence-electron chi connectivity index (χ2n) is 3.27. The number of carbonyl (C=O) groups is 2. The van der Waals surface area contributed by atoms with Crippen LogP contribution in [0.25, 0.3) is 6.08 Å². The number of methoxy groups -OCH3 is 1. The van der Waals surface area contributed by atoms with Crippen molar-refractivity contribution in [3.63, 3.8) is 0 Å². The highest BCUT2D eigenvalue weighted by Crippen LogP contribution is 2.14. The van der Waals surface area contributed by atoms with Gasteiger partial charge in [-0.3, -0.25) is 0 Å². The molecule has 0 aliphatic heterocycles. The zero-order valence-electron chi connectivity index (χ0n) is 9.62. The van der Waals surface area contributed by atoms with Gasteiger partial charge in [0.1, 0.15) is 5.75 Å². The molecule has 6 nitrogen and oxygen atoms in total. The van der Waals surface area contributed by atoms with Crippen LogP contribution in [0.15, 0.2) is 30.0 Å². The molecule has 0 radical (unpaired) electrons. The lowest BCUT2D eigenvalue weighted by Crippen LogP contribution is -2.11. The quantitative estimate of drug-likeness (QED) is 0.584. The Morgan fingerprint density at radius 1 is 1.22 bits per heavy atom. The Bertz CT molecular complexity index is 460. The maximum atomic E-state index is 10.8. The van der Waals surface area contributed by atoms with Crippen LogP contribution in [0.3, 0.4) is 0 Å². The van der Waals surface area contributed by atoms with Gasteiger partial charge in [0, 0.05) is 0 Å². The van der Waals surface area contributed by atoms with Gasteiger partial charge in [-0.15, -0.1) is 0 Å². The Morgan fingerprint density at radius 3 is 2.28 bits per heavy atom. The van der Waals surface area contributed by atoms with E-state index in [1.165, 1.54) is 13.2 Å². The molecule has 0 aliphatic rings. The first-order chi connectivity index (χ1) is 8.52. The lowest BCUT2D eigenvalue weighted by Gasteiger charge is -2.04. The predicted molar refractivity (Wildman–Crippen MR) is 62.2 cm³/mol. The largest absolute Gasteiger partial charge is 0.497 e. The molecule has 0 atom stereocenters. The average molecular weight is 252 g/mol. The summed E-state index contributed by atoms with van der Waals surface area (Å²) in [7, 11) is 1.52. The van der Waals surface area contributed by atoms with Gasteiger partial charge in [0.05, 0.1) is 7.11 Å². The highest BCUT2D eigenvalue weighted by molar-refractivity contribution is 5.90. The normalized spacial score (nSPS) is 10.8. The third-order valence-electron chi connectivity index (χ3n) is 1.98. The summed E-state index contributed by atoms with van der Waals surface area (Å²) in [6.45, 7) is -0.700. The first kappa shape index (κ1) is 13.6. The van der Waals surface area contributed by atoms with Crippen molar-refractivity contribution in [1.29, 1.82) is 0 Å². The van der Waals surface area contributed by atoms with E-state index in [1.807, 2.05) is 0 Å². The van der Waals surface area contributed by atoms with E-state index in [0.717, 1.165) is 0 Å². The second kappa shape index (κ2) is 6.29. The van der Waals surface area contributed by atoms with Gasteiger partial charge in [-0.2, -0.15) is 0 Å². The summed E-state index contributed by atoms with van der Waals surface area (Å²) in [6, 6.07) is 6.57. The Morgan fingerprint density at radius 2 is 1.83 bits per heavy atom. The summed E-state index contributed by atoms with van der Waals surface area (Å²) >= 11 is 0. The number of carboxylic acids is 2. The van der Waals surface area contributed by atoms with Gasteiger partial charge < -0.3 is 19.7 Å². The number of carboxylic acid groups (broad SMARTS) is 2. The molecule has 1 aromatic rings. The fraction of sp³-hybridized carbons (Fsp3) is 0.167. The molecule has 18 heavy (non-hydrogen) atoms. The van der Waals surface area contributed by atoms with Crippen LogP contribution in [0.5, 0.6) is 5.75 Å². The van der Waals surface area contributed by atoms with Crippen LogP contribution in [-0.4, -0.2) is 35.9 Å². The third kappa shape index (κ3) is 4.17. The molecule has 0 unspecified atom stereocenters. The summed E-state index contributed by atoms with van der Waals surface area (Å²) in [5.41, 5.74) is 0.568. The van der Waals surface area contributed by atoms with Crippen molar-refractivity contribution in [2.24, 2.45) is 0 Å². The van der Waals surface area contributed by atoms with E-state index in [-0.39, 0.29) is 0 Å². The van der Waals surface area contributed by atoms with Crippen molar-refractivity contribution in [1.82, 2.24) is 0 Å². The number of rotatable bonds is 6. The molecule has 1 aromatic carbocycles. The molecular formula is C12H12O6. The van der Waals surface area contributed by atoms with Crippen LogP contribution in [0.2, 0.25) is 0 Å². The number of hydrogen-bond donors (Lipinski definition) is 2. The molecule has 0 amide bonds. The molecule has 0 saturated heterocycles. The molecule has 96 valence electrons. The van der Waals surface area contributed by atoms with Crippen LogP contribution < -0.4 is 4.74 Å². The van der Waals surface area contributed by atoms with Gasteiger partial charge in [-0.1, -0.05) is 12.1 Å². The number of benzene rings is 1. The van der Waals surface area contributed by atoms with E-state index in [4.69, 9.17) is 14.9 Å². The zero-order valence-corrected chi connectivity index (χ0v) is 9.62. The summed E-state index contributed by atoms with van der Waals surface area (Å²) in [5, 5.41) is 17.3. The summed E-state index contributed by atoms with van der Waals surface area (Å²) in [5.74, 6) is -2.36. The minimum Gasteiger partial charge on any atom is -0.497 e. The monoisotopic (exact) mass is 252 g/mol. The number of ether oxygens (including phenoxy) is 2. The smallest absolute Gasteiger partial charge is 0.371 e. The molecule has 0 aliphatic carbocycles.